The highest BCUT2D eigenvalue weighted by atomic mass is 15.2. The smallest absolute Gasteiger partial charge is 0.0331 e. The molecule has 2 rings (SSSR count). The number of hydrogen-bond acceptors (Lipinski definition) is 2. The predicted octanol–water partition coefficient (Wildman–Crippen LogP) is 3.80. The van der Waals surface area contributed by atoms with Crippen molar-refractivity contribution in [2.24, 2.45) is 17.1 Å². The Kier molecular flexibility index (Phi) is 4.94. The molecule has 0 aromatic heterocycles. The van der Waals surface area contributed by atoms with E-state index in [9.17, 15) is 0 Å². The molecule has 0 aromatic rings. The summed E-state index contributed by atoms with van der Waals surface area (Å²) in [5, 5.41) is 0. The van der Waals surface area contributed by atoms with Crippen molar-refractivity contribution in [3.8, 4) is 0 Å². The minimum absolute atomic E-state index is 0.317. The second-order valence-corrected chi connectivity index (χ2v) is 7.97. The Bertz CT molecular complexity index is 287. The molecule has 1 aliphatic heterocycles. The van der Waals surface area contributed by atoms with Gasteiger partial charge in [-0.1, -0.05) is 27.2 Å². The number of likely N-dealkylation sites (tertiary alicyclic amines) is 1. The monoisotopic (exact) mass is 266 g/mol. The van der Waals surface area contributed by atoms with Gasteiger partial charge in [0, 0.05) is 12.1 Å². The highest BCUT2D eigenvalue weighted by Gasteiger charge is 2.39. The second-order valence-electron chi connectivity index (χ2n) is 7.97. The van der Waals surface area contributed by atoms with Crippen LogP contribution in [-0.2, 0) is 0 Å². The molecule has 2 atom stereocenters. The Hall–Kier alpha value is -0.0800. The molecule has 1 heterocycles. The molecule has 0 amide bonds. The van der Waals surface area contributed by atoms with Crippen LogP contribution in [0.2, 0.25) is 0 Å². The quantitative estimate of drug-likeness (QED) is 0.770. The maximum absolute atomic E-state index is 6.27. The lowest BCUT2D eigenvalue weighted by Gasteiger charge is -2.43. The first-order valence-electron chi connectivity index (χ1n) is 8.43. The highest BCUT2D eigenvalue weighted by Crippen LogP contribution is 2.41. The summed E-state index contributed by atoms with van der Waals surface area (Å²) >= 11 is 0. The fourth-order valence-corrected chi connectivity index (χ4v) is 4.10. The van der Waals surface area contributed by atoms with Crippen LogP contribution >= 0.6 is 0 Å². The van der Waals surface area contributed by atoms with Gasteiger partial charge in [-0.15, -0.1) is 0 Å². The Morgan fingerprint density at radius 3 is 2.53 bits per heavy atom. The van der Waals surface area contributed by atoms with Gasteiger partial charge in [-0.3, -0.25) is 4.90 Å². The van der Waals surface area contributed by atoms with Crippen LogP contribution in [0.5, 0.6) is 0 Å². The lowest BCUT2D eigenvalue weighted by molar-refractivity contribution is 0.0777. The fraction of sp³-hybridized carbons (Fsp3) is 1.00. The van der Waals surface area contributed by atoms with Crippen LogP contribution in [0.15, 0.2) is 0 Å². The van der Waals surface area contributed by atoms with Crippen LogP contribution in [0.1, 0.15) is 72.1 Å². The van der Waals surface area contributed by atoms with E-state index in [1.165, 1.54) is 64.5 Å². The minimum atomic E-state index is 0.317. The van der Waals surface area contributed by atoms with Crippen LogP contribution < -0.4 is 5.73 Å². The summed E-state index contributed by atoms with van der Waals surface area (Å²) in [6, 6.07) is 0. The van der Waals surface area contributed by atoms with Gasteiger partial charge in [0.25, 0.3) is 0 Å². The van der Waals surface area contributed by atoms with Crippen LogP contribution in [0.25, 0.3) is 0 Å². The van der Waals surface area contributed by atoms with Crippen molar-refractivity contribution in [2.75, 3.05) is 19.6 Å². The van der Waals surface area contributed by atoms with E-state index in [-0.39, 0.29) is 0 Å². The van der Waals surface area contributed by atoms with Gasteiger partial charge in [-0.25, -0.2) is 0 Å². The molecule has 2 aliphatic rings. The van der Waals surface area contributed by atoms with Crippen molar-refractivity contribution < 1.29 is 0 Å². The third kappa shape index (κ3) is 3.72. The average Bonchev–Trinajstić information content (AvgIpc) is 2.67. The fourth-order valence-electron chi connectivity index (χ4n) is 4.10. The Balaban J connectivity index is 2.08. The third-order valence-electron chi connectivity index (χ3n) is 5.83. The number of hydrogen-bond donors (Lipinski definition) is 1. The van der Waals surface area contributed by atoms with Crippen molar-refractivity contribution in [1.82, 2.24) is 4.90 Å². The molecular formula is C17H34N2. The van der Waals surface area contributed by atoms with Gasteiger partial charge in [0.1, 0.15) is 0 Å². The lowest BCUT2D eigenvalue weighted by atomic mass is 9.83. The summed E-state index contributed by atoms with van der Waals surface area (Å²) in [4.78, 5) is 2.78. The normalized spacial score (nSPS) is 37.6. The van der Waals surface area contributed by atoms with E-state index >= 15 is 0 Å². The van der Waals surface area contributed by atoms with Gasteiger partial charge in [0.05, 0.1) is 0 Å². The lowest BCUT2D eigenvalue weighted by Crippen LogP contribution is -2.54. The van der Waals surface area contributed by atoms with Gasteiger partial charge >= 0.3 is 0 Å². The largest absolute Gasteiger partial charge is 0.329 e. The first-order valence-corrected chi connectivity index (χ1v) is 8.43. The third-order valence-corrected chi connectivity index (χ3v) is 5.83. The van der Waals surface area contributed by atoms with Crippen LogP contribution in [0.3, 0.4) is 0 Å². The van der Waals surface area contributed by atoms with Crippen LogP contribution in [0.4, 0.5) is 0 Å². The molecule has 19 heavy (non-hydrogen) atoms. The molecule has 2 fully saturated rings. The molecule has 0 radical (unpaired) electrons. The maximum Gasteiger partial charge on any atom is 0.0331 e. The Morgan fingerprint density at radius 1 is 1.00 bits per heavy atom. The summed E-state index contributed by atoms with van der Waals surface area (Å²) in [5.41, 5.74) is 7.11. The van der Waals surface area contributed by atoms with Crippen molar-refractivity contribution in [2.45, 2.75) is 77.7 Å². The van der Waals surface area contributed by atoms with E-state index in [0.29, 0.717) is 11.0 Å². The highest BCUT2D eigenvalue weighted by molar-refractivity contribution is 4.96. The summed E-state index contributed by atoms with van der Waals surface area (Å²) in [6.07, 6.45) is 10.8. The van der Waals surface area contributed by atoms with E-state index in [1.807, 2.05) is 0 Å². The topological polar surface area (TPSA) is 29.3 Å². The van der Waals surface area contributed by atoms with Crippen molar-refractivity contribution in [1.29, 1.82) is 0 Å². The molecular weight excluding hydrogens is 232 g/mol. The van der Waals surface area contributed by atoms with E-state index in [1.54, 1.807) is 0 Å². The standard InChI is InChI=1S/C17H34N2/c1-15-6-4-12-19(13-7-15)17(14-18)9-5-8-16(2,3)10-11-17/h15H,4-14,18H2,1-3H3. The molecule has 0 spiro atoms. The van der Waals surface area contributed by atoms with E-state index in [4.69, 9.17) is 5.73 Å². The zero-order valence-corrected chi connectivity index (χ0v) is 13.4. The van der Waals surface area contributed by atoms with Crippen LogP contribution in [-0.4, -0.2) is 30.1 Å². The summed E-state index contributed by atoms with van der Waals surface area (Å²) in [5.74, 6) is 0.905. The molecule has 2 nitrogen and oxygen atoms in total. The van der Waals surface area contributed by atoms with Crippen LogP contribution in [0, 0.1) is 11.3 Å². The molecule has 2 unspecified atom stereocenters. The average molecular weight is 266 g/mol. The Morgan fingerprint density at radius 2 is 1.79 bits per heavy atom. The summed E-state index contributed by atoms with van der Waals surface area (Å²) in [7, 11) is 0. The second kappa shape index (κ2) is 6.13. The maximum atomic E-state index is 6.27. The molecule has 1 aliphatic carbocycles. The minimum Gasteiger partial charge on any atom is -0.329 e. The van der Waals surface area contributed by atoms with E-state index in [2.05, 4.69) is 25.7 Å². The molecule has 2 heteroatoms. The van der Waals surface area contributed by atoms with Crippen molar-refractivity contribution >= 4 is 0 Å². The van der Waals surface area contributed by atoms with Crippen molar-refractivity contribution in [3.05, 3.63) is 0 Å². The first-order chi connectivity index (χ1) is 8.97. The molecule has 1 saturated heterocycles. The van der Waals surface area contributed by atoms with Gasteiger partial charge in [-0.2, -0.15) is 0 Å². The van der Waals surface area contributed by atoms with Gasteiger partial charge < -0.3 is 5.73 Å². The zero-order valence-electron chi connectivity index (χ0n) is 13.4. The SMILES string of the molecule is CC1CCCN(C2(CN)CCCC(C)(C)CC2)CC1. The number of rotatable bonds is 2. The summed E-state index contributed by atoms with van der Waals surface area (Å²) in [6.45, 7) is 10.7. The molecule has 2 N–H and O–H groups in total. The summed E-state index contributed by atoms with van der Waals surface area (Å²) < 4.78 is 0. The van der Waals surface area contributed by atoms with E-state index < -0.39 is 0 Å². The predicted molar refractivity (Wildman–Crippen MR) is 83.2 cm³/mol. The first kappa shape index (κ1) is 15.3. The molecule has 0 aromatic carbocycles. The molecule has 1 saturated carbocycles. The number of nitrogens with zero attached hydrogens (tertiary/aromatic N) is 1. The Labute approximate surface area is 120 Å². The molecule has 112 valence electrons. The van der Waals surface area contributed by atoms with Gasteiger partial charge in [-0.05, 0) is 69.4 Å². The zero-order chi connectivity index (χ0) is 13.9. The van der Waals surface area contributed by atoms with Gasteiger partial charge in [0.2, 0.25) is 0 Å². The molecule has 0 bridgehead atoms. The number of nitrogens with two attached hydrogens (primary N) is 1. The van der Waals surface area contributed by atoms with E-state index in [0.717, 1.165) is 12.5 Å². The van der Waals surface area contributed by atoms with Gasteiger partial charge in [0.15, 0.2) is 0 Å². The van der Waals surface area contributed by atoms with Crippen molar-refractivity contribution in [3.63, 3.8) is 0 Å².